The number of rotatable bonds is 1. The van der Waals surface area contributed by atoms with E-state index in [4.69, 9.17) is 5.73 Å². The molecule has 2 N–H and O–H groups in total. The maximum atomic E-state index is 13.0. The first kappa shape index (κ1) is 8.62. The number of aryl methyl sites for hydroxylation is 1. The van der Waals surface area contributed by atoms with Crippen LogP contribution in [-0.4, -0.2) is 20.9 Å². The molecule has 4 nitrogen and oxygen atoms in total. The maximum absolute atomic E-state index is 13.0. The molecule has 1 aromatic rings. The molecule has 0 aromatic carbocycles. The Morgan fingerprint density at radius 1 is 1.69 bits per heavy atom. The Morgan fingerprint density at radius 3 is 3.15 bits per heavy atom. The first-order valence-electron chi connectivity index (χ1n) is 4.50. The largest absolute Gasteiger partial charge is 0.321 e. The van der Waals surface area contributed by atoms with E-state index in [2.05, 4.69) is 10.1 Å². The van der Waals surface area contributed by atoms with Crippen molar-refractivity contribution < 1.29 is 4.39 Å². The molecular formula is C8H13FN4. The lowest BCUT2D eigenvalue weighted by atomic mass is 10.1. The summed E-state index contributed by atoms with van der Waals surface area (Å²) in [5.41, 5.74) is 5.63. The fourth-order valence-corrected chi connectivity index (χ4v) is 1.48. The zero-order chi connectivity index (χ0) is 9.42. The molecule has 72 valence electrons. The summed E-state index contributed by atoms with van der Waals surface area (Å²) in [6, 6.07) is -0.170. The zero-order valence-corrected chi connectivity index (χ0v) is 7.57. The summed E-state index contributed by atoms with van der Waals surface area (Å²) >= 11 is 0. The van der Waals surface area contributed by atoms with E-state index < -0.39 is 6.17 Å². The SMILES string of the molecule is CC(N)c1nc2n(n1)CC(F)CC2. The summed E-state index contributed by atoms with van der Waals surface area (Å²) in [6.45, 7) is 2.16. The van der Waals surface area contributed by atoms with Crippen molar-refractivity contribution in [3.8, 4) is 0 Å². The number of hydrogen-bond donors (Lipinski definition) is 1. The van der Waals surface area contributed by atoms with E-state index in [1.54, 1.807) is 4.68 Å². The quantitative estimate of drug-likeness (QED) is 0.694. The summed E-state index contributed by atoms with van der Waals surface area (Å²) in [6.07, 6.45) is 0.438. The Morgan fingerprint density at radius 2 is 2.46 bits per heavy atom. The van der Waals surface area contributed by atoms with Crippen molar-refractivity contribution in [2.45, 2.75) is 38.5 Å². The van der Waals surface area contributed by atoms with Gasteiger partial charge in [0.2, 0.25) is 0 Å². The standard InChI is InChI=1S/C8H13FN4/c1-5(10)8-11-7-3-2-6(9)4-13(7)12-8/h5-6H,2-4,10H2,1H3. The van der Waals surface area contributed by atoms with Gasteiger partial charge in [-0.25, -0.2) is 14.1 Å². The molecule has 2 rings (SSSR count). The van der Waals surface area contributed by atoms with Gasteiger partial charge in [-0.2, -0.15) is 5.10 Å². The molecule has 0 bridgehead atoms. The summed E-state index contributed by atoms with van der Waals surface area (Å²) in [7, 11) is 0. The Hall–Kier alpha value is -0.970. The number of nitrogens with two attached hydrogens (primary N) is 1. The third-order valence-corrected chi connectivity index (χ3v) is 2.22. The number of nitrogens with zero attached hydrogens (tertiary/aromatic N) is 3. The van der Waals surface area contributed by atoms with Crippen LogP contribution in [0.4, 0.5) is 4.39 Å². The van der Waals surface area contributed by atoms with Crippen LogP contribution in [0.5, 0.6) is 0 Å². The molecule has 1 aromatic heterocycles. The highest BCUT2D eigenvalue weighted by molar-refractivity contribution is 4.99. The van der Waals surface area contributed by atoms with Crippen molar-refractivity contribution in [3.63, 3.8) is 0 Å². The number of aromatic nitrogens is 3. The topological polar surface area (TPSA) is 56.7 Å². The molecule has 5 heteroatoms. The van der Waals surface area contributed by atoms with Gasteiger partial charge in [0.15, 0.2) is 5.82 Å². The normalized spacial score (nSPS) is 24.1. The average Bonchev–Trinajstić information content (AvgIpc) is 2.46. The fourth-order valence-electron chi connectivity index (χ4n) is 1.48. The zero-order valence-electron chi connectivity index (χ0n) is 7.57. The van der Waals surface area contributed by atoms with Crippen LogP contribution in [0.2, 0.25) is 0 Å². The van der Waals surface area contributed by atoms with Crippen molar-refractivity contribution in [1.82, 2.24) is 14.8 Å². The van der Waals surface area contributed by atoms with Crippen molar-refractivity contribution >= 4 is 0 Å². The van der Waals surface area contributed by atoms with Gasteiger partial charge in [0, 0.05) is 6.42 Å². The minimum absolute atomic E-state index is 0.170. The highest BCUT2D eigenvalue weighted by Crippen LogP contribution is 2.16. The highest BCUT2D eigenvalue weighted by Gasteiger charge is 2.21. The van der Waals surface area contributed by atoms with Gasteiger partial charge < -0.3 is 5.73 Å². The third kappa shape index (κ3) is 1.56. The van der Waals surface area contributed by atoms with Gasteiger partial charge in [0.25, 0.3) is 0 Å². The molecule has 0 fully saturated rings. The van der Waals surface area contributed by atoms with Crippen LogP contribution in [0.3, 0.4) is 0 Å². The van der Waals surface area contributed by atoms with Crippen LogP contribution in [0.1, 0.15) is 31.0 Å². The van der Waals surface area contributed by atoms with Gasteiger partial charge in [-0.05, 0) is 13.3 Å². The Balaban J connectivity index is 2.28. The van der Waals surface area contributed by atoms with E-state index >= 15 is 0 Å². The molecule has 2 atom stereocenters. The molecule has 2 unspecified atom stereocenters. The Kier molecular flexibility index (Phi) is 2.03. The lowest BCUT2D eigenvalue weighted by Crippen LogP contribution is -2.22. The molecule has 0 amide bonds. The molecule has 1 aliphatic heterocycles. The summed E-state index contributed by atoms with van der Waals surface area (Å²) in [5, 5.41) is 4.14. The Labute approximate surface area is 75.9 Å². The van der Waals surface area contributed by atoms with Gasteiger partial charge in [-0.3, -0.25) is 0 Å². The van der Waals surface area contributed by atoms with Crippen LogP contribution >= 0.6 is 0 Å². The first-order chi connectivity index (χ1) is 6.16. The van der Waals surface area contributed by atoms with Crippen molar-refractivity contribution in [2.75, 3.05) is 0 Å². The predicted octanol–water partition coefficient (Wildman–Crippen LogP) is 0.582. The van der Waals surface area contributed by atoms with Crippen molar-refractivity contribution in [3.05, 3.63) is 11.6 Å². The number of alkyl halides is 1. The van der Waals surface area contributed by atoms with Crippen LogP contribution in [0, 0.1) is 0 Å². The van der Waals surface area contributed by atoms with Gasteiger partial charge in [-0.15, -0.1) is 0 Å². The van der Waals surface area contributed by atoms with Crippen molar-refractivity contribution in [2.24, 2.45) is 5.73 Å². The van der Waals surface area contributed by atoms with Gasteiger partial charge in [-0.1, -0.05) is 0 Å². The van der Waals surface area contributed by atoms with Crippen LogP contribution in [0.25, 0.3) is 0 Å². The second kappa shape index (κ2) is 3.06. The smallest absolute Gasteiger partial charge is 0.167 e. The molecule has 0 aliphatic carbocycles. The second-order valence-electron chi connectivity index (χ2n) is 3.49. The minimum atomic E-state index is -0.782. The fraction of sp³-hybridized carbons (Fsp3) is 0.750. The molecular weight excluding hydrogens is 171 g/mol. The molecule has 0 spiro atoms. The number of hydrogen-bond acceptors (Lipinski definition) is 3. The lowest BCUT2D eigenvalue weighted by Gasteiger charge is -2.14. The molecule has 0 saturated carbocycles. The molecule has 2 heterocycles. The van der Waals surface area contributed by atoms with Crippen LogP contribution < -0.4 is 5.73 Å². The Bertz CT molecular complexity index is 307. The van der Waals surface area contributed by atoms with E-state index in [1.807, 2.05) is 6.92 Å². The lowest BCUT2D eigenvalue weighted by molar-refractivity contribution is 0.241. The average molecular weight is 184 g/mol. The monoisotopic (exact) mass is 184 g/mol. The van der Waals surface area contributed by atoms with E-state index in [9.17, 15) is 4.39 Å². The van der Waals surface area contributed by atoms with E-state index in [0.717, 1.165) is 5.82 Å². The van der Waals surface area contributed by atoms with Gasteiger partial charge in [0.05, 0.1) is 12.6 Å². The maximum Gasteiger partial charge on any atom is 0.167 e. The predicted molar refractivity (Wildman–Crippen MR) is 45.8 cm³/mol. The molecule has 0 saturated heterocycles. The second-order valence-corrected chi connectivity index (χ2v) is 3.49. The highest BCUT2D eigenvalue weighted by atomic mass is 19.1. The number of fused-ring (bicyclic) bond motifs is 1. The first-order valence-corrected chi connectivity index (χ1v) is 4.50. The molecule has 0 radical (unpaired) electrons. The van der Waals surface area contributed by atoms with E-state index in [1.165, 1.54) is 0 Å². The van der Waals surface area contributed by atoms with Gasteiger partial charge >= 0.3 is 0 Å². The molecule has 13 heavy (non-hydrogen) atoms. The molecule has 1 aliphatic rings. The van der Waals surface area contributed by atoms with E-state index in [0.29, 0.717) is 25.2 Å². The summed E-state index contributed by atoms with van der Waals surface area (Å²) in [5.74, 6) is 1.48. The van der Waals surface area contributed by atoms with Gasteiger partial charge in [0.1, 0.15) is 12.0 Å². The summed E-state index contributed by atoms with van der Waals surface area (Å²) in [4.78, 5) is 4.24. The summed E-state index contributed by atoms with van der Waals surface area (Å²) < 4.78 is 14.6. The minimum Gasteiger partial charge on any atom is -0.321 e. The van der Waals surface area contributed by atoms with Crippen molar-refractivity contribution in [1.29, 1.82) is 0 Å². The third-order valence-electron chi connectivity index (χ3n) is 2.22. The van der Waals surface area contributed by atoms with E-state index in [-0.39, 0.29) is 6.04 Å². The number of halogens is 1. The van der Waals surface area contributed by atoms with Crippen LogP contribution in [0.15, 0.2) is 0 Å². The van der Waals surface area contributed by atoms with Crippen LogP contribution in [-0.2, 0) is 13.0 Å².